The number of likely N-dealkylation sites (tertiary alicyclic amines) is 1. The lowest BCUT2D eigenvalue weighted by Gasteiger charge is -2.41. The Morgan fingerprint density at radius 3 is 1.44 bits per heavy atom. The van der Waals surface area contributed by atoms with Crippen molar-refractivity contribution in [3.8, 4) is 0 Å². The molecule has 5 rings (SSSR count). The van der Waals surface area contributed by atoms with Crippen LogP contribution in [0.1, 0.15) is 176 Å². The SMILES string of the molecule is CC[C@H](C)[C@@H]([C@@H](CC(=O)N1CCC[C@H]1[C@H](OC)[C@@H](C)C(=O)N[C@H](C)[C@@H](O)c1ccccc1)OC)N(C)C(=O)[C@@H](NC(=O)[C@H](C(C)C)N(C)C(=O)OCc1ccc(NC(=O)[C@H](CCCNC(N)=O)NC(=O)[C@@H](NC(=O)CC[C@H](NC(=O)CCCCCCCN2C(=O)C=CC2=O)C(=O)N2CCOCCOCCOCCOCCOCCOCCOCCOCCOCCOCCOCCOCCOCC2)C(C)C)cc1)C(C)C. The second-order valence-corrected chi connectivity index (χ2v) is 37.4. The number of hydrogen-bond acceptors (Lipinski definition) is 30. The van der Waals surface area contributed by atoms with E-state index in [2.05, 4.69) is 37.2 Å². The lowest BCUT2D eigenvalue weighted by Crippen LogP contribution is -2.60. The number of nitrogens with two attached hydrogens (primary N) is 1. The number of anilines is 1. The molecule has 0 aliphatic carbocycles. The largest absolute Gasteiger partial charge is 0.445 e. The summed E-state index contributed by atoms with van der Waals surface area (Å²) < 4.78 is 91.6. The van der Waals surface area contributed by atoms with Crippen molar-refractivity contribution in [3.05, 3.63) is 77.9 Å². The van der Waals surface area contributed by atoms with E-state index < -0.39 is 144 Å². The summed E-state index contributed by atoms with van der Waals surface area (Å²) in [6.45, 7) is 26.7. The first kappa shape index (κ1) is 127. The number of benzene rings is 2. The Kier molecular flexibility index (Phi) is 64.6. The maximum atomic E-state index is 15.0. The molecule has 2 fully saturated rings. The van der Waals surface area contributed by atoms with E-state index in [9.17, 15) is 57.8 Å². The lowest BCUT2D eigenvalue weighted by atomic mass is 9.89. The number of carbonyl (C=O) groups excluding carboxylic acids is 13. The quantitative estimate of drug-likeness (QED) is 0.0304. The van der Waals surface area contributed by atoms with E-state index in [4.69, 9.17) is 81.5 Å². The van der Waals surface area contributed by atoms with Gasteiger partial charge >= 0.3 is 12.1 Å². The molecule has 0 unspecified atom stereocenters. The molecule has 13 atom stereocenters. The van der Waals surface area contributed by atoms with Gasteiger partial charge in [-0.25, -0.2) is 9.59 Å². The zero-order valence-corrected chi connectivity index (χ0v) is 88.7. The number of nitrogens with one attached hydrogen (secondary N) is 7. The van der Waals surface area contributed by atoms with Crippen LogP contribution in [0, 0.1) is 29.6 Å². The molecule has 0 aromatic heterocycles. The van der Waals surface area contributed by atoms with Crippen LogP contribution in [0.25, 0.3) is 0 Å². The van der Waals surface area contributed by atoms with Gasteiger partial charge in [0.25, 0.3) is 11.8 Å². The highest BCUT2D eigenvalue weighted by molar-refractivity contribution is 6.13. The number of ether oxygens (including phenoxy) is 16. The molecule has 0 saturated carbocycles. The summed E-state index contributed by atoms with van der Waals surface area (Å²) in [5.74, 6) is -7.95. The van der Waals surface area contributed by atoms with Gasteiger partial charge in [0, 0.05) is 91.7 Å². The molecule has 10 N–H and O–H groups in total. The van der Waals surface area contributed by atoms with Crippen molar-refractivity contribution in [1.82, 2.24) is 56.4 Å². The Balaban J connectivity index is 1.23. The number of urea groups is 1. The minimum Gasteiger partial charge on any atom is -0.445 e. The van der Waals surface area contributed by atoms with E-state index in [1.165, 1.54) is 48.1 Å². The van der Waals surface area contributed by atoms with Gasteiger partial charge in [-0.3, -0.25) is 62.5 Å². The number of carbonyl (C=O) groups is 13. The number of nitrogens with zero attached hydrogens (tertiary/aromatic N) is 5. The van der Waals surface area contributed by atoms with E-state index in [1.54, 1.807) is 104 Å². The molecule has 43 nitrogen and oxygen atoms in total. The highest BCUT2D eigenvalue weighted by Gasteiger charge is 2.45. The average Bonchev–Trinajstić information content (AvgIpc) is 1.19. The van der Waals surface area contributed by atoms with Crippen LogP contribution in [0.2, 0.25) is 0 Å². The maximum Gasteiger partial charge on any atom is 0.410 e. The molecule has 146 heavy (non-hydrogen) atoms. The third-order valence-electron chi connectivity index (χ3n) is 25.3. The molecule has 0 radical (unpaired) electrons. The Bertz CT molecular complexity index is 4070. The van der Waals surface area contributed by atoms with Crippen LogP contribution in [0.4, 0.5) is 15.3 Å². The molecule has 828 valence electrons. The van der Waals surface area contributed by atoms with Crippen LogP contribution in [0.3, 0.4) is 0 Å². The summed E-state index contributed by atoms with van der Waals surface area (Å²) in [4.78, 5) is 188. The first-order chi connectivity index (χ1) is 70.2. The first-order valence-corrected chi connectivity index (χ1v) is 51.7. The molecule has 2 aromatic rings. The molecule has 2 aromatic carbocycles. The number of primary amides is 1. The summed E-state index contributed by atoms with van der Waals surface area (Å²) in [6.07, 6.45) is 3.41. The van der Waals surface area contributed by atoms with Gasteiger partial charge in [-0.2, -0.15) is 0 Å². The molecule has 14 amide bonds. The second kappa shape index (κ2) is 74.4. The predicted molar refractivity (Wildman–Crippen MR) is 541 cm³/mol. The Labute approximate surface area is 862 Å². The van der Waals surface area contributed by atoms with Crippen LogP contribution in [-0.4, -0.2) is 400 Å². The number of aliphatic hydroxyl groups excluding tert-OH is 1. The zero-order valence-electron chi connectivity index (χ0n) is 88.7. The molecular formula is C103H171N13O30. The van der Waals surface area contributed by atoms with Gasteiger partial charge in [-0.15, -0.1) is 0 Å². The number of rotatable bonds is 45. The number of amides is 14. The van der Waals surface area contributed by atoms with E-state index in [1.807, 2.05) is 32.0 Å². The van der Waals surface area contributed by atoms with Gasteiger partial charge in [0.05, 0.1) is 221 Å². The van der Waals surface area contributed by atoms with Crippen molar-refractivity contribution in [2.75, 3.05) is 238 Å². The van der Waals surface area contributed by atoms with Crippen molar-refractivity contribution in [2.24, 2.45) is 35.3 Å². The predicted octanol–water partition coefficient (Wildman–Crippen LogP) is 5.18. The van der Waals surface area contributed by atoms with Crippen molar-refractivity contribution in [3.63, 3.8) is 0 Å². The number of unbranched alkanes of at least 4 members (excludes halogenated alkanes) is 4. The fourth-order valence-corrected chi connectivity index (χ4v) is 16.9. The van der Waals surface area contributed by atoms with Gasteiger partial charge < -0.3 is 139 Å². The summed E-state index contributed by atoms with van der Waals surface area (Å²) in [6, 6.07) is 6.70. The van der Waals surface area contributed by atoms with E-state index >= 15 is 9.59 Å². The fraction of sp³-hybridized carbons (Fsp3) is 0.738. The second-order valence-electron chi connectivity index (χ2n) is 37.4. The highest BCUT2D eigenvalue weighted by Crippen LogP contribution is 2.31. The molecular weight excluding hydrogens is 1900 g/mol. The maximum absolute atomic E-state index is 15.0. The van der Waals surface area contributed by atoms with Gasteiger partial charge in [-0.05, 0) is 98.8 Å². The fourth-order valence-electron chi connectivity index (χ4n) is 16.9. The summed E-state index contributed by atoms with van der Waals surface area (Å²) in [5.41, 5.74) is 6.78. The number of likely N-dealkylation sites (N-methyl/N-ethyl adjacent to an activating group) is 2. The highest BCUT2D eigenvalue weighted by atomic mass is 16.6. The number of aliphatic hydroxyl groups is 1. The molecule has 43 heteroatoms. The Hall–Kier alpha value is -9.55. The zero-order chi connectivity index (χ0) is 107. The van der Waals surface area contributed by atoms with Crippen molar-refractivity contribution in [2.45, 2.75) is 232 Å². The van der Waals surface area contributed by atoms with E-state index in [-0.39, 0.29) is 159 Å². The minimum atomic E-state index is -1.27. The van der Waals surface area contributed by atoms with Crippen molar-refractivity contribution in [1.29, 1.82) is 0 Å². The molecule has 0 spiro atoms. The molecule has 3 heterocycles. The number of methoxy groups -OCH3 is 2. The summed E-state index contributed by atoms with van der Waals surface area (Å²) in [5, 5.41) is 30.7. The van der Waals surface area contributed by atoms with Gasteiger partial charge in [0.15, 0.2) is 0 Å². The Morgan fingerprint density at radius 1 is 0.493 bits per heavy atom. The normalized spacial score (nSPS) is 19.2. The standard InChI is InChI=1S/C103H171N13O30/c1-15-75(8)93(84(131-13)70-89(121)115-41-25-29-83(115)95(132-14)76(9)96(123)106-77(10)94(122)79-26-20-19-21-27-79)112(11)101(128)91(73(4)5)111-99(126)92(74(6)7)113(12)103(130)146-71-78-31-33-80(34-32-78)107-97(124)81(28-24-39-105-102(104)129)109-98(125)90(72(2)3)110-86(118)36-35-82(108-85(117)30-22-17-16-18-23-40-116-87(119)37-38-88(116)120)100(127)114-42-44-133-46-48-135-50-52-137-54-56-139-58-60-141-62-64-143-66-68-145-69-67-144-65-63-142-61-59-140-57-55-138-53-51-136-49-47-134-45-43-114/h19-21,26-27,31-34,37-38,72-77,81-84,90-95,122H,15-18,22-25,28-30,35-36,39-71H2,1-14H3,(H,106,123)(H,107,124)(H,108,117)(H,109,125)(H,110,118)(H,111,126)(H3,104,105,129)/t75-,76+,77+,81-,82-,83-,84+,90-,91-,92-,93-,94+,95+/m0/s1. The molecule has 3 aliphatic rings. The first-order valence-electron chi connectivity index (χ1n) is 51.7. The number of hydrogen-bond donors (Lipinski definition) is 9. The summed E-state index contributed by atoms with van der Waals surface area (Å²) >= 11 is 0. The van der Waals surface area contributed by atoms with Crippen LogP contribution in [0.15, 0.2) is 66.7 Å². The number of imide groups is 1. The molecule has 2 saturated heterocycles. The van der Waals surface area contributed by atoms with Gasteiger partial charge in [0.1, 0.15) is 36.8 Å². The van der Waals surface area contributed by atoms with Crippen LogP contribution in [0.5, 0.6) is 0 Å². The summed E-state index contributed by atoms with van der Waals surface area (Å²) in [7, 11) is 6.04. The van der Waals surface area contributed by atoms with Crippen LogP contribution >= 0.6 is 0 Å². The molecule has 0 bridgehead atoms. The third-order valence-corrected chi connectivity index (χ3v) is 25.3. The third kappa shape index (κ3) is 49.3. The topological polar surface area (TPSA) is 516 Å². The molecule has 3 aliphatic heterocycles. The van der Waals surface area contributed by atoms with E-state index in [0.717, 1.165) is 4.90 Å². The van der Waals surface area contributed by atoms with Gasteiger partial charge in [-0.1, -0.05) is 130 Å². The lowest BCUT2D eigenvalue weighted by molar-refractivity contribution is -0.148. The minimum absolute atomic E-state index is 0.0205. The van der Waals surface area contributed by atoms with Crippen molar-refractivity contribution < 1.29 is 143 Å². The van der Waals surface area contributed by atoms with Gasteiger partial charge in [0.2, 0.25) is 53.2 Å². The van der Waals surface area contributed by atoms with Crippen LogP contribution in [-0.2, 0) is 135 Å². The van der Waals surface area contributed by atoms with Crippen molar-refractivity contribution >= 4 is 82.8 Å². The monoisotopic (exact) mass is 2070 g/mol. The van der Waals surface area contributed by atoms with Crippen LogP contribution < -0.4 is 43.0 Å². The van der Waals surface area contributed by atoms with E-state index in [0.29, 0.717) is 188 Å². The smallest absolute Gasteiger partial charge is 0.410 e. The Morgan fingerprint density at radius 2 is 0.973 bits per heavy atom. The average molecular weight is 2070 g/mol.